The van der Waals surface area contributed by atoms with Crippen molar-refractivity contribution in [2.24, 2.45) is 0 Å². The summed E-state index contributed by atoms with van der Waals surface area (Å²) in [7, 11) is 0. The molecule has 0 fully saturated rings. The molecular formula is C12H24O4. The van der Waals surface area contributed by atoms with Crippen LogP contribution >= 0.6 is 0 Å². The summed E-state index contributed by atoms with van der Waals surface area (Å²) in [5, 5.41) is 0. The van der Waals surface area contributed by atoms with Crippen LogP contribution in [0.5, 0.6) is 0 Å². The lowest BCUT2D eigenvalue weighted by Crippen LogP contribution is -2.31. The molecule has 4 heteroatoms. The molecule has 0 aliphatic carbocycles. The Labute approximate surface area is 98.3 Å². The molecule has 0 amide bonds. The minimum atomic E-state index is -0.655. The fourth-order valence-electron chi connectivity index (χ4n) is 0.840. The monoisotopic (exact) mass is 232 g/mol. The van der Waals surface area contributed by atoms with E-state index in [0.29, 0.717) is 6.61 Å². The largest absolute Gasteiger partial charge is 0.509 e. The van der Waals surface area contributed by atoms with E-state index in [9.17, 15) is 4.79 Å². The van der Waals surface area contributed by atoms with E-state index in [4.69, 9.17) is 14.2 Å². The second-order valence-electron chi connectivity index (χ2n) is 5.82. The summed E-state index contributed by atoms with van der Waals surface area (Å²) in [5.41, 5.74) is -0.757. The minimum Gasteiger partial charge on any atom is -0.429 e. The van der Waals surface area contributed by atoms with Gasteiger partial charge in [-0.25, -0.2) is 4.79 Å². The van der Waals surface area contributed by atoms with Gasteiger partial charge in [-0.3, -0.25) is 0 Å². The van der Waals surface area contributed by atoms with Crippen LogP contribution in [0.25, 0.3) is 0 Å². The van der Waals surface area contributed by atoms with E-state index in [1.165, 1.54) is 0 Å². The van der Waals surface area contributed by atoms with E-state index >= 15 is 0 Å². The first-order valence-electron chi connectivity index (χ1n) is 5.53. The van der Waals surface area contributed by atoms with Crippen LogP contribution in [0.2, 0.25) is 0 Å². The third-order valence-electron chi connectivity index (χ3n) is 1.44. The third-order valence-corrected chi connectivity index (χ3v) is 1.44. The van der Waals surface area contributed by atoms with Crippen molar-refractivity contribution in [2.75, 3.05) is 6.61 Å². The Kier molecular flexibility index (Phi) is 5.26. The van der Waals surface area contributed by atoms with Gasteiger partial charge in [0, 0.05) is 0 Å². The third kappa shape index (κ3) is 9.77. The molecule has 1 atom stereocenters. The molecule has 0 aliphatic rings. The molecule has 0 aromatic rings. The highest BCUT2D eigenvalue weighted by Crippen LogP contribution is 2.11. The van der Waals surface area contributed by atoms with Gasteiger partial charge < -0.3 is 14.2 Å². The maximum Gasteiger partial charge on any atom is 0.509 e. The zero-order chi connectivity index (χ0) is 13.0. The van der Waals surface area contributed by atoms with Crippen molar-refractivity contribution in [1.29, 1.82) is 0 Å². The summed E-state index contributed by atoms with van der Waals surface area (Å²) in [5.74, 6) is 0. The molecule has 0 radical (unpaired) electrons. The summed E-state index contributed by atoms with van der Waals surface area (Å²) in [6.07, 6.45) is -0.966. The van der Waals surface area contributed by atoms with E-state index in [1.807, 2.05) is 20.8 Å². The summed E-state index contributed by atoms with van der Waals surface area (Å²) < 4.78 is 15.5. The predicted molar refractivity (Wildman–Crippen MR) is 62.5 cm³/mol. The van der Waals surface area contributed by atoms with Gasteiger partial charge >= 0.3 is 6.16 Å². The fraction of sp³-hybridized carbons (Fsp3) is 0.917. The second kappa shape index (κ2) is 5.53. The van der Waals surface area contributed by atoms with Crippen LogP contribution in [-0.4, -0.2) is 30.1 Å². The normalized spacial score (nSPS) is 14.4. The predicted octanol–water partition coefficient (Wildman–Crippen LogP) is 3.14. The minimum absolute atomic E-state index is 0.231. The average molecular weight is 232 g/mol. The van der Waals surface area contributed by atoms with Gasteiger partial charge in [-0.15, -0.1) is 0 Å². The first-order chi connectivity index (χ1) is 6.99. The van der Waals surface area contributed by atoms with Crippen LogP contribution in [0.15, 0.2) is 0 Å². The van der Waals surface area contributed by atoms with E-state index in [0.717, 1.165) is 0 Å². The summed E-state index contributed by atoms with van der Waals surface area (Å²) in [6.45, 7) is 13.4. The highest BCUT2D eigenvalue weighted by atomic mass is 16.7. The van der Waals surface area contributed by atoms with Gasteiger partial charge in [0.15, 0.2) is 0 Å². The maximum atomic E-state index is 11.3. The molecule has 0 bridgehead atoms. The van der Waals surface area contributed by atoms with Gasteiger partial charge in [-0.2, -0.15) is 0 Å². The molecule has 0 aliphatic heterocycles. The van der Waals surface area contributed by atoms with Gasteiger partial charge in [0.05, 0.1) is 12.2 Å². The SMILES string of the molecule is CC(COC(C)(C)C)OC(=O)OC(C)(C)C. The summed E-state index contributed by atoms with van der Waals surface area (Å²) in [6, 6.07) is 0. The highest BCUT2D eigenvalue weighted by molar-refractivity contribution is 5.60. The van der Waals surface area contributed by atoms with Gasteiger partial charge in [-0.05, 0) is 48.5 Å². The average Bonchev–Trinajstić information content (AvgIpc) is 1.95. The molecule has 0 saturated heterocycles. The lowest BCUT2D eigenvalue weighted by Gasteiger charge is -2.24. The van der Waals surface area contributed by atoms with Crippen molar-refractivity contribution in [3.05, 3.63) is 0 Å². The van der Waals surface area contributed by atoms with Crippen LogP contribution in [0.1, 0.15) is 48.5 Å². The van der Waals surface area contributed by atoms with Crippen LogP contribution in [0.3, 0.4) is 0 Å². The molecule has 0 heterocycles. The Morgan fingerprint density at radius 2 is 1.56 bits per heavy atom. The van der Waals surface area contributed by atoms with Crippen molar-refractivity contribution >= 4 is 6.16 Å². The van der Waals surface area contributed by atoms with Crippen molar-refractivity contribution in [2.45, 2.75) is 65.8 Å². The lowest BCUT2D eigenvalue weighted by atomic mass is 10.2. The van der Waals surface area contributed by atoms with E-state index in [-0.39, 0.29) is 11.7 Å². The van der Waals surface area contributed by atoms with Crippen LogP contribution in [0, 0.1) is 0 Å². The van der Waals surface area contributed by atoms with Crippen molar-refractivity contribution in [1.82, 2.24) is 0 Å². The standard InChI is InChI=1S/C12H24O4/c1-9(8-14-11(2,3)4)15-10(13)16-12(5,6)7/h9H,8H2,1-7H3. The molecular weight excluding hydrogens is 208 g/mol. The van der Waals surface area contributed by atoms with E-state index in [2.05, 4.69) is 0 Å². The maximum absolute atomic E-state index is 11.3. The highest BCUT2D eigenvalue weighted by Gasteiger charge is 2.20. The molecule has 1 unspecified atom stereocenters. The Balaban J connectivity index is 3.88. The number of rotatable bonds is 3. The Morgan fingerprint density at radius 1 is 1.06 bits per heavy atom. The number of hydrogen-bond acceptors (Lipinski definition) is 4. The molecule has 0 aromatic carbocycles. The molecule has 0 N–H and O–H groups in total. The molecule has 4 nitrogen and oxygen atoms in total. The van der Waals surface area contributed by atoms with Gasteiger partial charge in [0.2, 0.25) is 0 Å². The molecule has 16 heavy (non-hydrogen) atoms. The van der Waals surface area contributed by atoms with Crippen molar-refractivity contribution in [3.63, 3.8) is 0 Å². The van der Waals surface area contributed by atoms with Gasteiger partial charge in [0.25, 0.3) is 0 Å². The zero-order valence-corrected chi connectivity index (χ0v) is 11.4. The van der Waals surface area contributed by atoms with Crippen LogP contribution in [0.4, 0.5) is 4.79 Å². The molecule has 0 saturated carbocycles. The lowest BCUT2D eigenvalue weighted by molar-refractivity contribution is -0.0732. The Bertz CT molecular complexity index is 222. The topological polar surface area (TPSA) is 44.8 Å². The Morgan fingerprint density at radius 3 is 1.94 bits per heavy atom. The quantitative estimate of drug-likeness (QED) is 0.701. The summed E-state index contributed by atoms with van der Waals surface area (Å²) >= 11 is 0. The molecule has 96 valence electrons. The molecule has 0 aromatic heterocycles. The second-order valence-corrected chi connectivity index (χ2v) is 5.82. The van der Waals surface area contributed by atoms with Gasteiger partial charge in [-0.1, -0.05) is 0 Å². The van der Waals surface area contributed by atoms with Gasteiger partial charge in [0.1, 0.15) is 11.7 Å². The number of hydrogen-bond donors (Lipinski definition) is 0. The van der Waals surface area contributed by atoms with E-state index < -0.39 is 11.8 Å². The van der Waals surface area contributed by atoms with Crippen LogP contribution < -0.4 is 0 Å². The zero-order valence-electron chi connectivity index (χ0n) is 11.4. The molecule has 0 rings (SSSR count). The smallest absolute Gasteiger partial charge is 0.429 e. The molecule has 0 spiro atoms. The van der Waals surface area contributed by atoms with Crippen molar-refractivity contribution < 1.29 is 19.0 Å². The number of carbonyl (C=O) groups is 1. The number of carbonyl (C=O) groups excluding carboxylic acids is 1. The van der Waals surface area contributed by atoms with E-state index in [1.54, 1.807) is 27.7 Å². The first kappa shape index (κ1) is 15.2. The fourth-order valence-corrected chi connectivity index (χ4v) is 0.840. The first-order valence-corrected chi connectivity index (χ1v) is 5.53. The Hall–Kier alpha value is -0.770. The number of ether oxygens (including phenoxy) is 3. The van der Waals surface area contributed by atoms with Crippen LogP contribution in [-0.2, 0) is 14.2 Å². The van der Waals surface area contributed by atoms with Crippen molar-refractivity contribution in [3.8, 4) is 0 Å². The summed E-state index contributed by atoms with van der Waals surface area (Å²) in [4.78, 5) is 11.3.